The summed E-state index contributed by atoms with van der Waals surface area (Å²) in [6.45, 7) is 4.02. The molecule has 0 spiro atoms. The highest BCUT2D eigenvalue weighted by atomic mass is 16.5. The van der Waals surface area contributed by atoms with Crippen molar-refractivity contribution in [3.8, 4) is 11.5 Å². The highest BCUT2D eigenvalue weighted by Crippen LogP contribution is 2.29. The minimum Gasteiger partial charge on any atom is -0.496 e. The molecule has 1 aliphatic heterocycles. The molecule has 0 aromatic heterocycles. The maximum Gasteiger partial charge on any atom is 0.261 e. The molecular formula is C16H22N2O4. The minimum absolute atomic E-state index is 0.127. The largest absolute Gasteiger partial charge is 0.496 e. The van der Waals surface area contributed by atoms with Crippen LogP contribution in [0.2, 0.25) is 0 Å². The third kappa shape index (κ3) is 3.16. The van der Waals surface area contributed by atoms with E-state index >= 15 is 0 Å². The quantitative estimate of drug-likeness (QED) is 0.843. The Balaban J connectivity index is 2.15. The van der Waals surface area contributed by atoms with Crippen molar-refractivity contribution in [1.82, 2.24) is 9.80 Å². The smallest absolute Gasteiger partial charge is 0.261 e. The number of benzene rings is 1. The van der Waals surface area contributed by atoms with Gasteiger partial charge in [0.25, 0.3) is 5.91 Å². The molecule has 1 saturated heterocycles. The second kappa shape index (κ2) is 7.15. The van der Waals surface area contributed by atoms with Crippen molar-refractivity contribution in [2.45, 2.75) is 13.3 Å². The van der Waals surface area contributed by atoms with Crippen LogP contribution in [0.15, 0.2) is 18.2 Å². The second-order valence-electron chi connectivity index (χ2n) is 5.06. The molecule has 120 valence electrons. The number of carbonyl (C=O) groups is 2. The summed E-state index contributed by atoms with van der Waals surface area (Å²) in [5.41, 5.74) is 0.433. The number of ether oxygens (including phenoxy) is 2. The fraction of sp³-hybridized carbons (Fsp3) is 0.500. The highest BCUT2D eigenvalue weighted by Gasteiger charge is 2.28. The molecule has 0 atom stereocenters. The van der Waals surface area contributed by atoms with Crippen LogP contribution in [0.4, 0.5) is 0 Å². The summed E-state index contributed by atoms with van der Waals surface area (Å²) in [7, 11) is 3.06. The van der Waals surface area contributed by atoms with E-state index in [9.17, 15) is 9.59 Å². The zero-order chi connectivity index (χ0) is 16.1. The molecule has 1 heterocycles. The summed E-state index contributed by atoms with van der Waals surface area (Å²) in [5, 5.41) is 0. The normalized spacial score (nSPS) is 14.7. The number of rotatable bonds is 4. The van der Waals surface area contributed by atoms with Crippen LogP contribution in [0.1, 0.15) is 23.7 Å². The lowest BCUT2D eigenvalue weighted by Gasteiger charge is -2.35. The van der Waals surface area contributed by atoms with Gasteiger partial charge in [-0.2, -0.15) is 0 Å². The molecule has 1 aromatic rings. The predicted octanol–water partition coefficient (Wildman–Crippen LogP) is 1.40. The molecule has 22 heavy (non-hydrogen) atoms. The van der Waals surface area contributed by atoms with Crippen LogP contribution in [-0.2, 0) is 4.79 Å². The van der Waals surface area contributed by atoms with Crippen molar-refractivity contribution in [1.29, 1.82) is 0 Å². The van der Waals surface area contributed by atoms with Crippen molar-refractivity contribution in [3.05, 3.63) is 23.8 Å². The third-order valence-corrected chi connectivity index (χ3v) is 3.86. The first-order valence-electron chi connectivity index (χ1n) is 7.40. The molecule has 2 amide bonds. The Bertz CT molecular complexity index is 529. The van der Waals surface area contributed by atoms with Crippen molar-refractivity contribution in [3.63, 3.8) is 0 Å². The van der Waals surface area contributed by atoms with Gasteiger partial charge in [-0.3, -0.25) is 9.59 Å². The number of piperazine rings is 1. The maximum atomic E-state index is 12.8. The average Bonchev–Trinajstić information content (AvgIpc) is 2.59. The van der Waals surface area contributed by atoms with Gasteiger partial charge in [0.1, 0.15) is 17.1 Å². The van der Waals surface area contributed by atoms with Crippen LogP contribution in [0.3, 0.4) is 0 Å². The molecule has 0 N–H and O–H groups in total. The Hall–Kier alpha value is -2.24. The summed E-state index contributed by atoms with van der Waals surface area (Å²) in [4.78, 5) is 28.0. The van der Waals surface area contributed by atoms with Crippen LogP contribution < -0.4 is 9.47 Å². The molecule has 0 aliphatic carbocycles. The number of nitrogens with zero attached hydrogens (tertiary/aromatic N) is 2. The maximum absolute atomic E-state index is 12.8. The number of hydrogen-bond donors (Lipinski definition) is 0. The zero-order valence-electron chi connectivity index (χ0n) is 13.3. The van der Waals surface area contributed by atoms with Crippen LogP contribution in [0.5, 0.6) is 11.5 Å². The lowest BCUT2D eigenvalue weighted by atomic mass is 10.1. The number of amides is 2. The Morgan fingerprint density at radius 2 is 1.50 bits per heavy atom. The molecule has 2 rings (SSSR count). The van der Waals surface area contributed by atoms with Crippen molar-refractivity contribution in [2.75, 3.05) is 40.4 Å². The predicted molar refractivity (Wildman–Crippen MR) is 82.3 cm³/mol. The summed E-state index contributed by atoms with van der Waals surface area (Å²) in [5.74, 6) is 0.993. The molecule has 1 aliphatic rings. The van der Waals surface area contributed by atoms with Gasteiger partial charge in [-0.05, 0) is 12.1 Å². The topological polar surface area (TPSA) is 59.1 Å². The monoisotopic (exact) mass is 306 g/mol. The van der Waals surface area contributed by atoms with E-state index in [-0.39, 0.29) is 11.8 Å². The Labute approximate surface area is 130 Å². The van der Waals surface area contributed by atoms with Crippen molar-refractivity contribution >= 4 is 11.8 Å². The summed E-state index contributed by atoms with van der Waals surface area (Å²) in [6, 6.07) is 5.27. The van der Waals surface area contributed by atoms with Crippen molar-refractivity contribution in [2.24, 2.45) is 0 Å². The molecule has 0 unspecified atom stereocenters. The molecule has 1 aromatic carbocycles. The molecule has 6 nitrogen and oxygen atoms in total. The van der Waals surface area contributed by atoms with Gasteiger partial charge < -0.3 is 19.3 Å². The van der Waals surface area contributed by atoms with E-state index in [1.807, 2.05) is 6.92 Å². The number of hydrogen-bond acceptors (Lipinski definition) is 4. The van der Waals surface area contributed by atoms with Gasteiger partial charge in [0.15, 0.2) is 0 Å². The van der Waals surface area contributed by atoms with E-state index in [4.69, 9.17) is 9.47 Å². The van der Waals surface area contributed by atoms with Gasteiger partial charge in [0, 0.05) is 32.6 Å². The first-order chi connectivity index (χ1) is 10.6. The van der Waals surface area contributed by atoms with E-state index in [1.165, 1.54) is 14.2 Å². The lowest BCUT2D eigenvalue weighted by molar-refractivity contribution is -0.132. The van der Waals surface area contributed by atoms with Gasteiger partial charge in [-0.15, -0.1) is 0 Å². The van der Waals surface area contributed by atoms with Crippen molar-refractivity contribution < 1.29 is 19.1 Å². The summed E-state index contributed by atoms with van der Waals surface area (Å²) < 4.78 is 10.6. The van der Waals surface area contributed by atoms with Gasteiger partial charge in [-0.25, -0.2) is 0 Å². The Morgan fingerprint density at radius 1 is 1.00 bits per heavy atom. The first kappa shape index (κ1) is 16.1. The molecule has 0 radical (unpaired) electrons. The molecule has 1 fully saturated rings. The Kier molecular flexibility index (Phi) is 5.25. The van der Waals surface area contributed by atoms with Crippen LogP contribution in [0.25, 0.3) is 0 Å². The SMILES string of the molecule is CCC(=O)N1CCN(C(=O)c2c(OC)cccc2OC)CC1. The fourth-order valence-corrected chi connectivity index (χ4v) is 2.60. The lowest BCUT2D eigenvalue weighted by Crippen LogP contribution is -2.50. The van der Waals surface area contributed by atoms with Crippen LogP contribution in [-0.4, -0.2) is 62.0 Å². The summed E-state index contributed by atoms with van der Waals surface area (Å²) >= 11 is 0. The standard InChI is InChI=1S/C16H22N2O4/c1-4-14(19)17-8-10-18(11-9-17)16(20)15-12(21-2)6-5-7-13(15)22-3/h5-7H,4,8-11H2,1-3H3. The third-order valence-electron chi connectivity index (χ3n) is 3.86. The first-order valence-corrected chi connectivity index (χ1v) is 7.40. The van der Waals surface area contributed by atoms with E-state index in [1.54, 1.807) is 28.0 Å². The fourth-order valence-electron chi connectivity index (χ4n) is 2.60. The number of carbonyl (C=O) groups excluding carboxylic acids is 2. The van der Waals surface area contributed by atoms with Crippen LogP contribution >= 0.6 is 0 Å². The van der Waals surface area contributed by atoms with E-state index in [0.717, 1.165) is 0 Å². The molecular weight excluding hydrogens is 284 g/mol. The van der Waals surface area contributed by atoms with Crippen LogP contribution in [0, 0.1) is 0 Å². The van der Waals surface area contributed by atoms with Gasteiger partial charge in [-0.1, -0.05) is 13.0 Å². The summed E-state index contributed by atoms with van der Waals surface area (Å²) in [6.07, 6.45) is 0.494. The van der Waals surface area contributed by atoms with Gasteiger partial charge >= 0.3 is 0 Å². The Morgan fingerprint density at radius 3 is 1.95 bits per heavy atom. The zero-order valence-corrected chi connectivity index (χ0v) is 13.3. The minimum atomic E-state index is -0.127. The van der Waals surface area contributed by atoms with E-state index < -0.39 is 0 Å². The van der Waals surface area contributed by atoms with E-state index in [2.05, 4.69) is 0 Å². The van der Waals surface area contributed by atoms with E-state index in [0.29, 0.717) is 49.7 Å². The highest BCUT2D eigenvalue weighted by molar-refractivity contribution is 5.99. The molecule has 0 saturated carbocycles. The van der Waals surface area contributed by atoms with Gasteiger partial charge in [0.2, 0.25) is 5.91 Å². The molecule has 6 heteroatoms. The average molecular weight is 306 g/mol. The molecule has 0 bridgehead atoms. The van der Waals surface area contributed by atoms with Gasteiger partial charge in [0.05, 0.1) is 14.2 Å². The number of methoxy groups -OCH3 is 2. The second-order valence-corrected chi connectivity index (χ2v) is 5.06.